The van der Waals surface area contributed by atoms with E-state index in [1.165, 1.54) is 7.11 Å². The van der Waals surface area contributed by atoms with Crippen LogP contribution in [0.15, 0.2) is 29.2 Å². The highest BCUT2D eigenvalue weighted by Gasteiger charge is 2.04. The highest BCUT2D eigenvalue weighted by Crippen LogP contribution is 2.00. The zero-order valence-corrected chi connectivity index (χ0v) is 6.78. The molecule has 4 heteroatoms. The number of esters is 1. The van der Waals surface area contributed by atoms with Gasteiger partial charge >= 0.3 is 5.97 Å². The lowest BCUT2D eigenvalue weighted by atomic mass is 10.3. The number of nitrogens with zero attached hydrogens (tertiary/aromatic N) is 1. The molecule has 0 spiro atoms. The molecule has 1 aliphatic rings. The minimum absolute atomic E-state index is 0.220. The molecule has 0 fully saturated rings. The molecule has 0 saturated heterocycles. The number of hydrogen-bond donors (Lipinski definition) is 1. The summed E-state index contributed by atoms with van der Waals surface area (Å²) in [7, 11) is 1.36. The van der Waals surface area contributed by atoms with Crippen molar-refractivity contribution in [1.82, 2.24) is 5.32 Å². The molecule has 0 saturated carbocycles. The molecular weight excluding hydrogens is 156 g/mol. The molecule has 0 unspecified atom stereocenters. The van der Waals surface area contributed by atoms with Gasteiger partial charge in [0.1, 0.15) is 0 Å². The molecule has 64 valence electrons. The van der Waals surface area contributed by atoms with Crippen LogP contribution in [0.2, 0.25) is 0 Å². The summed E-state index contributed by atoms with van der Waals surface area (Å²) in [6.07, 6.45) is 6.92. The molecule has 1 N–H and O–H groups in total. The van der Waals surface area contributed by atoms with Gasteiger partial charge in [0.05, 0.1) is 13.5 Å². The van der Waals surface area contributed by atoms with Crippen LogP contribution in [0.1, 0.15) is 6.42 Å². The topological polar surface area (TPSA) is 50.7 Å². The van der Waals surface area contributed by atoms with Crippen molar-refractivity contribution in [2.45, 2.75) is 6.42 Å². The summed E-state index contributed by atoms with van der Waals surface area (Å²) in [6, 6.07) is 0. The fraction of sp³-hybridized carbons (Fsp3) is 0.250. The molecule has 12 heavy (non-hydrogen) atoms. The van der Waals surface area contributed by atoms with Gasteiger partial charge in [-0.05, 0) is 6.08 Å². The first-order valence-corrected chi connectivity index (χ1v) is 3.53. The SMILES string of the molecule is COC(=O)CC1=CN=CC=CN1. The molecule has 1 aliphatic heterocycles. The van der Waals surface area contributed by atoms with Crippen LogP contribution in [-0.4, -0.2) is 19.3 Å². The number of carbonyl (C=O) groups excluding carboxylic acids is 1. The van der Waals surface area contributed by atoms with E-state index < -0.39 is 0 Å². The molecular formula is C8H10N2O2. The predicted octanol–water partition coefficient (Wildman–Crippen LogP) is 0.579. The maximum absolute atomic E-state index is 10.8. The fourth-order valence-electron chi connectivity index (χ4n) is 0.742. The van der Waals surface area contributed by atoms with Gasteiger partial charge in [0.15, 0.2) is 0 Å². The standard InChI is InChI=1S/C8H10N2O2/c1-12-8(11)5-7-6-9-3-2-4-10-7/h2-4,6,10H,5H2,1H3. The van der Waals surface area contributed by atoms with Crippen molar-refractivity contribution in [3.63, 3.8) is 0 Å². The van der Waals surface area contributed by atoms with Crippen LogP contribution < -0.4 is 5.32 Å². The zero-order chi connectivity index (χ0) is 8.81. The van der Waals surface area contributed by atoms with E-state index in [9.17, 15) is 4.79 Å². The first-order valence-electron chi connectivity index (χ1n) is 3.53. The molecule has 1 heterocycles. The monoisotopic (exact) mass is 166 g/mol. The minimum atomic E-state index is -0.278. The molecule has 4 nitrogen and oxygen atoms in total. The van der Waals surface area contributed by atoms with E-state index in [0.29, 0.717) is 0 Å². The molecule has 0 aliphatic carbocycles. The van der Waals surface area contributed by atoms with Gasteiger partial charge in [-0.25, -0.2) is 0 Å². The van der Waals surface area contributed by atoms with E-state index >= 15 is 0 Å². The largest absolute Gasteiger partial charge is 0.469 e. The Bertz CT molecular complexity index is 254. The van der Waals surface area contributed by atoms with Crippen LogP contribution in [0, 0.1) is 0 Å². The summed E-state index contributed by atoms with van der Waals surface area (Å²) >= 11 is 0. The average molecular weight is 166 g/mol. The van der Waals surface area contributed by atoms with Gasteiger partial charge in [-0.3, -0.25) is 9.79 Å². The van der Waals surface area contributed by atoms with Gasteiger partial charge in [-0.2, -0.15) is 0 Å². The van der Waals surface area contributed by atoms with Crippen LogP contribution in [-0.2, 0) is 9.53 Å². The highest BCUT2D eigenvalue weighted by atomic mass is 16.5. The lowest BCUT2D eigenvalue weighted by molar-refractivity contribution is -0.139. The van der Waals surface area contributed by atoms with Crippen LogP contribution >= 0.6 is 0 Å². The molecule has 0 amide bonds. The van der Waals surface area contributed by atoms with Gasteiger partial charge < -0.3 is 10.1 Å². The first-order chi connectivity index (χ1) is 5.83. The molecule has 1 rings (SSSR count). The van der Waals surface area contributed by atoms with Crippen molar-refractivity contribution in [1.29, 1.82) is 0 Å². The summed E-state index contributed by atoms with van der Waals surface area (Å²) in [5, 5.41) is 2.90. The van der Waals surface area contributed by atoms with Crippen molar-refractivity contribution >= 4 is 12.2 Å². The van der Waals surface area contributed by atoms with E-state index in [1.807, 2.05) is 0 Å². The number of rotatable bonds is 2. The van der Waals surface area contributed by atoms with Crippen molar-refractivity contribution in [3.05, 3.63) is 24.2 Å². The molecule has 0 aromatic carbocycles. The smallest absolute Gasteiger partial charge is 0.311 e. The van der Waals surface area contributed by atoms with Crippen molar-refractivity contribution in [2.75, 3.05) is 7.11 Å². The maximum Gasteiger partial charge on any atom is 0.311 e. The van der Waals surface area contributed by atoms with Crippen LogP contribution in [0.4, 0.5) is 0 Å². The molecule has 0 atom stereocenters. The maximum atomic E-state index is 10.8. The Hall–Kier alpha value is -1.58. The molecule has 0 aromatic heterocycles. The quantitative estimate of drug-likeness (QED) is 0.610. The van der Waals surface area contributed by atoms with E-state index in [0.717, 1.165) is 5.70 Å². The summed E-state index contributed by atoms with van der Waals surface area (Å²) in [6.45, 7) is 0. The van der Waals surface area contributed by atoms with Crippen molar-refractivity contribution < 1.29 is 9.53 Å². The van der Waals surface area contributed by atoms with Crippen LogP contribution in [0.5, 0.6) is 0 Å². The normalized spacial score (nSPS) is 14.6. The first kappa shape index (κ1) is 8.52. The predicted molar refractivity (Wildman–Crippen MR) is 45.5 cm³/mol. The summed E-state index contributed by atoms with van der Waals surface area (Å²) in [5.41, 5.74) is 0.729. The summed E-state index contributed by atoms with van der Waals surface area (Å²) in [5.74, 6) is -0.278. The van der Waals surface area contributed by atoms with Crippen LogP contribution in [0.3, 0.4) is 0 Å². The molecule has 0 radical (unpaired) electrons. The average Bonchev–Trinajstić information content (AvgIpc) is 2.33. The number of hydrogen-bond acceptors (Lipinski definition) is 4. The summed E-state index contributed by atoms with van der Waals surface area (Å²) in [4.78, 5) is 14.7. The Morgan fingerprint density at radius 3 is 3.33 bits per heavy atom. The Balaban J connectivity index is 2.52. The number of nitrogens with one attached hydrogen (secondary N) is 1. The van der Waals surface area contributed by atoms with Crippen molar-refractivity contribution in [2.24, 2.45) is 4.99 Å². The van der Waals surface area contributed by atoms with Crippen molar-refractivity contribution in [3.8, 4) is 0 Å². The highest BCUT2D eigenvalue weighted by molar-refractivity contribution is 5.74. The second-order valence-corrected chi connectivity index (χ2v) is 2.21. The Morgan fingerprint density at radius 2 is 2.58 bits per heavy atom. The Labute approximate surface area is 70.6 Å². The summed E-state index contributed by atoms with van der Waals surface area (Å²) < 4.78 is 4.50. The van der Waals surface area contributed by atoms with E-state index in [1.54, 1.807) is 24.7 Å². The van der Waals surface area contributed by atoms with Crippen LogP contribution in [0.25, 0.3) is 0 Å². The Morgan fingerprint density at radius 1 is 1.75 bits per heavy atom. The zero-order valence-electron chi connectivity index (χ0n) is 6.78. The number of aliphatic imine (C=N–C) groups is 1. The number of allylic oxidation sites excluding steroid dienone is 1. The minimum Gasteiger partial charge on any atom is -0.469 e. The second-order valence-electron chi connectivity index (χ2n) is 2.21. The van der Waals surface area contributed by atoms with E-state index in [-0.39, 0.29) is 12.4 Å². The van der Waals surface area contributed by atoms with Gasteiger partial charge in [0.25, 0.3) is 0 Å². The third kappa shape index (κ3) is 2.57. The third-order valence-electron chi connectivity index (χ3n) is 1.33. The number of ether oxygens (including phenoxy) is 1. The van der Waals surface area contributed by atoms with Gasteiger partial charge in [0, 0.05) is 24.3 Å². The van der Waals surface area contributed by atoms with Gasteiger partial charge in [0.2, 0.25) is 0 Å². The lowest BCUT2D eigenvalue weighted by Crippen LogP contribution is -2.10. The second kappa shape index (κ2) is 4.33. The number of carbonyl (C=O) groups is 1. The number of methoxy groups -OCH3 is 1. The Kier molecular flexibility index (Phi) is 3.07. The molecule has 0 aromatic rings. The third-order valence-corrected chi connectivity index (χ3v) is 1.33. The molecule has 0 bridgehead atoms. The van der Waals surface area contributed by atoms with Gasteiger partial charge in [-0.1, -0.05) is 0 Å². The lowest BCUT2D eigenvalue weighted by Gasteiger charge is -2.02. The van der Waals surface area contributed by atoms with E-state index in [2.05, 4.69) is 15.0 Å². The van der Waals surface area contributed by atoms with Gasteiger partial charge in [-0.15, -0.1) is 0 Å². The fourth-order valence-corrected chi connectivity index (χ4v) is 0.742. The van der Waals surface area contributed by atoms with E-state index in [4.69, 9.17) is 0 Å².